The number of benzene rings is 3. The quantitative estimate of drug-likeness (QED) is 0.606. The van der Waals surface area contributed by atoms with E-state index in [9.17, 15) is 4.79 Å². The number of ether oxygens (including phenoxy) is 2. The van der Waals surface area contributed by atoms with E-state index in [0.29, 0.717) is 12.3 Å². The minimum atomic E-state index is -0.206. The highest BCUT2D eigenvalue weighted by Gasteiger charge is 2.07. The monoisotopic (exact) mass is 375 g/mol. The van der Waals surface area contributed by atoms with E-state index in [1.807, 2.05) is 74.5 Å². The number of rotatable bonds is 8. The summed E-state index contributed by atoms with van der Waals surface area (Å²) in [5, 5.41) is 2.85. The van der Waals surface area contributed by atoms with E-state index in [4.69, 9.17) is 9.47 Å². The van der Waals surface area contributed by atoms with E-state index < -0.39 is 0 Å². The van der Waals surface area contributed by atoms with Crippen molar-refractivity contribution in [1.29, 1.82) is 0 Å². The lowest BCUT2D eigenvalue weighted by Crippen LogP contribution is -2.20. The minimum absolute atomic E-state index is 0.0383. The van der Waals surface area contributed by atoms with E-state index in [-0.39, 0.29) is 12.5 Å². The van der Waals surface area contributed by atoms with Crippen LogP contribution in [0.5, 0.6) is 11.5 Å². The van der Waals surface area contributed by atoms with Gasteiger partial charge in [-0.1, -0.05) is 48.5 Å². The van der Waals surface area contributed by atoms with Crippen LogP contribution < -0.4 is 14.8 Å². The smallest absolute Gasteiger partial charge is 0.262 e. The zero-order valence-electron chi connectivity index (χ0n) is 16.3. The molecule has 0 saturated carbocycles. The lowest BCUT2D eigenvalue weighted by atomic mass is 10.1. The minimum Gasteiger partial charge on any atom is -0.493 e. The van der Waals surface area contributed by atoms with Crippen molar-refractivity contribution in [3.63, 3.8) is 0 Å². The summed E-state index contributed by atoms with van der Waals surface area (Å²) >= 11 is 0. The highest BCUT2D eigenvalue weighted by Crippen LogP contribution is 2.20. The Morgan fingerprint density at radius 2 is 1.71 bits per heavy atom. The summed E-state index contributed by atoms with van der Waals surface area (Å²) in [6.45, 7) is 4.50. The molecule has 4 heteroatoms. The molecule has 0 atom stereocenters. The number of nitrogens with one attached hydrogen (secondary N) is 1. The van der Waals surface area contributed by atoms with Crippen molar-refractivity contribution in [3.05, 3.63) is 89.5 Å². The van der Waals surface area contributed by atoms with Crippen molar-refractivity contribution in [2.45, 2.75) is 20.3 Å². The Hall–Kier alpha value is -3.27. The summed E-state index contributed by atoms with van der Waals surface area (Å²) in [4.78, 5) is 12.2. The number of hydrogen-bond donors (Lipinski definition) is 1. The van der Waals surface area contributed by atoms with Gasteiger partial charge in [0.05, 0.1) is 6.61 Å². The Morgan fingerprint density at radius 1 is 0.893 bits per heavy atom. The van der Waals surface area contributed by atoms with Crippen LogP contribution in [-0.4, -0.2) is 19.1 Å². The standard InChI is InChI=1S/C24H25NO3/c1-18-11-12-19(2)23(15-18)28-17-24(26)25-21-9-6-10-22(16-21)27-14-13-20-7-4-3-5-8-20/h3-12,15-16H,13-14,17H2,1-2H3,(H,25,26). The molecule has 0 unspecified atom stereocenters. The van der Waals surface area contributed by atoms with Crippen molar-refractivity contribution in [2.75, 3.05) is 18.5 Å². The maximum absolute atomic E-state index is 12.2. The molecule has 0 aliphatic carbocycles. The summed E-state index contributed by atoms with van der Waals surface area (Å²) in [5.74, 6) is 1.25. The molecule has 1 N–H and O–H groups in total. The average molecular weight is 375 g/mol. The third-order valence-corrected chi connectivity index (χ3v) is 4.32. The summed E-state index contributed by atoms with van der Waals surface area (Å²) in [7, 11) is 0. The normalized spacial score (nSPS) is 10.4. The molecule has 3 aromatic rings. The molecule has 3 aromatic carbocycles. The van der Waals surface area contributed by atoms with Crippen molar-refractivity contribution < 1.29 is 14.3 Å². The van der Waals surface area contributed by atoms with Crippen molar-refractivity contribution in [1.82, 2.24) is 0 Å². The molecule has 0 aliphatic heterocycles. The van der Waals surface area contributed by atoms with Crippen LogP contribution in [0.2, 0.25) is 0 Å². The Balaban J connectivity index is 1.49. The van der Waals surface area contributed by atoms with E-state index >= 15 is 0 Å². The average Bonchev–Trinajstić information content (AvgIpc) is 2.70. The lowest BCUT2D eigenvalue weighted by Gasteiger charge is -2.11. The first-order valence-electron chi connectivity index (χ1n) is 9.37. The number of hydrogen-bond acceptors (Lipinski definition) is 3. The summed E-state index contributed by atoms with van der Waals surface area (Å²) in [5.41, 5.74) is 4.02. The number of aryl methyl sites for hydroxylation is 2. The molecule has 3 rings (SSSR count). The fourth-order valence-corrected chi connectivity index (χ4v) is 2.80. The van der Waals surface area contributed by atoms with Crippen molar-refractivity contribution in [3.8, 4) is 11.5 Å². The van der Waals surface area contributed by atoms with E-state index in [1.54, 1.807) is 0 Å². The largest absolute Gasteiger partial charge is 0.493 e. The summed E-state index contributed by atoms with van der Waals surface area (Å²) < 4.78 is 11.5. The zero-order valence-corrected chi connectivity index (χ0v) is 16.3. The molecule has 0 fully saturated rings. The maximum atomic E-state index is 12.2. The van der Waals surface area contributed by atoms with Crippen LogP contribution in [0.3, 0.4) is 0 Å². The second-order valence-corrected chi connectivity index (χ2v) is 6.72. The first kappa shape index (κ1) is 19.5. The fourth-order valence-electron chi connectivity index (χ4n) is 2.80. The lowest BCUT2D eigenvalue weighted by molar-refractivity contribution is -0.118. The molecule has 0 radical (unpaired) electrons. The molecule has 0 bridgehead atoms. The van der Waals surface area contributed by atoms with Gasteiger partial charge in [0, 0.05) is 18.2 Å². The topological polar surface area (TPSA) is 47.6 Å². The van der Waals surface area contributed by atoms with Gasteiger partial charge >= 0.3 is 0 Å². The molecule has 0 saturated heterocycles. The van der Waals surface area contributed by atoms with Crippen LogP contribution in [-0.2, 0) is 11.2 Å². The van der Waals surface area contributed by atoms with Gasteiger partial charge in [-0.15, -0.1) is 0 Å². The molecule has 144 valence electrons. The zero-order chi connectivity index (χ0) is 19.8. The third kappa shape index (κ3) is 5.88. The van der Waals surface area contributed by atoms with Gasteiger partial charge in [0.1, 0.15) is 11.5 Å². The van der Waals surface area contributed by atoms with Crippen LogP contribution in [0.1, 0.15) is 16.7 Å². The predicted octanol–water partition coefficient (Wildman–Crippen LogP) is 4.94. The van der Waals surface area contributed by atoms with Crippen molar-refractivity contribution >= 4 is 11.6 Å². The van der Waals surface area contributed by atoms with E-state index in [1.165, 1.54) is 5.56 Å². The fraction of sp³-hybridized carbons (Fsp3) is 0.208. The second-order valence-electron chi connectivity index (χ2n) is 6.72. The highest BCUT2D eigenvalue weighted by molar-refractivity contribution is 5.92. The Morgan fingerprint density at radius 3 is 2.54 bits per heavy atom. The Labute approximate surface area is 166 Å². The third-order valence-electron chi connectivity index (χ3n) is 4.32. The molecule has 28 heavy (non-hydrogen) atoms. The molecular weight excluding hydrogens is 350 g/mol. The van der Waals surface area contributed by atoms with Crippen LogP contribution in [0.15, 0.2) is 72.8 Å². The number of anilines is 1. The molecule has 1 amide bonds. The Bertz CT molecular complexity index is 922. The van der Waals surface area contributed by atoms with Crippen LogP contribution in [0.25, 0.3) is 0 Å². The first-order valence-corrected chi connectivity index (χ1v) is 9.37. The van der Waals surface area contributed by atoms with Gasteiger partial charge in [-0.3, -0.25) is 4.79 Å². The van der Waals surface area contributed by atoms with Gasteiger partial charge in [0.15, 0.2) is 6.61 Å². The van der Waals surface area contributed by atoms with Crippen molar-refractivity contribution in [2.24, 2.45) is 0 Å². The molecule has 0 aliphatic rings. The van der Waals surface area contributed by atoms with E-state index in [0.717, 1.165) is 29.0 Å². The SMILES string of the molecule is Cc1ccc(C)c(OCC(=O)Nc2cccc(OCCc3ccccc3)c2)c1. The van der Waals surface area contributed by atoms with Gasteiger partial charge in [-0.2, -0.15) is 0 Å². The number of carbonyl (C=O) groups is 1. The molecule has 0 heterocycles. The molecule has 0 spiro atoms. The van der Waals surface area contributed by atoms with E-state index in [2.05, 4.69) is 17.4 Å². The summed E-state index contributed by atoms with van der Waals surface area (Å²) in [6, 6.07) is 23.5. The van der Waals surface area contributed by atoms with Gasteiger partial charge < -0.3 is 14.8 Å². The highest BCUT2D eigenvalue weighted by atomic mass is 16.5. The van der Waals surface area contributed by atoms with Crippen LogP contribution >= 0.6 is 0 Å². The first-order chi connectivity index (χ1) is 13.6. The van der Waals surface area contributed by atoms with Gasteiger partial charge in [-0.25, -0.2) is 0 Å². The molecular formula is C24H25NO3. The summed E-state index contributed by atoms with van der Waals surface area (Å²) in [6.07, 6.45) is 0.834. The molecule has 4 nitrogen and oxygen atoms in total. The number of carbonyl (C=O) groups excluding carboxylic acids is 1. The van der Waals surface area contributed by atoms with Gasteiger partial charge in [-0.05, 0) is 48.7 Å². The predicted molar refractivity (Wildman–Crippen MR) is 112 cm³/mol. The number of amides is 1. The van der Waals surface area contributed by atoms with Crippen LogP contribution in [0, 0.1) is 13.8 Å². The maximum Gasteiger partial charge on any atom is 0.262 e. The van der Waals surface area contributed by atoms with Gasteiger partial charge in [0.2, 0.25) is 0 Å². The Kier molecular flexibility index (Phi) is 6.68. The van der Waals surface area contributed by atoms with Crippen LogP contribution in [0.4, 0.5) is 5.69 Å². The van der Waals surface area contributed by atoms with Gasteiger partial charge in [0.25, 0.3) is 5.91 Å². The second kappa shape index (κ2) is 9.60. The molecule has 0 aromatic heterocycles.